The molecule has 4 N–H and O–H groups in total. The van der Waals surface area contributed by atoms with Crippen LogP contribution in [0.25, 0.3) is 11.3 Å². The van der Waals surface area contributed by atoms with E-state index in [9.17, 15) is 33.6 Å². The van der Waals surface area contributed by atoms with Crippen LogP contribution >= 0.6 is 0 Å². The molecule has 1 aliphatic heterocycles. The summed E-state index contributed by atoms with van der Waals surface area (Å²) in [6.45, 7) is 6.73. The van der Waals surface area contributed by atoms with Crippen LogP contribution in [0, 0.1) is 11.8 Å². The largest absolute Gasteiger partial charge is 0.493 e. The Hall–Kier alpha value is -7.01. The van der Waals surface area contributed by atoms with Crippen LogP contribution in [-0.4, -0.2) is 85.6 Å². The summed E-state index contributed by atoms with van der Waals surface area (Å²) >= 11 is 0. The lowest BCUT2D eigenvalue weighted by Gasteiger charge is -2.33. The van der Waals surface area contributed by atoms with Crippen LogP contribution < -0.4 is 26.0 Å². The van der Waals surface area contributed by atoms with Gasteiger partial charge in [-0.2, -0.15) is 5.06 Å². The lowest BCUT2D eigenvalue weighted by Crippen LogP contribution is -2.49. The molecule has 1 aromatic heterocycles. The molecule has 0 aliphatic carbocycles. The minimum atomic E-state index is -1.40. The zero-order chi connectivity index (χ0) is 48.0. The lowest BCUT2D eigenvalue weighted by molar-refractivity contribution is -0.208. The van der Waals surface area contributed by atoms with Gasteiger partial charge in [0.15, 0.2) is 5.76 Å². The standard InChI is InChI=1S/C50H61N5O12/c1-4-7-10-19-38(41(5-2)55(33-56)67-49(61)36-24-26-51-27-25-36)46(58)52-32-53-48(60)43-23-22-42(66-43)37-20-21-39(44(28-37)63-6-3)47(59)54-40(50(62)65-31-35-17-13-9-14-18-35)29-45(57)64-30-34-15-11-8-12-16-34/h8-9,11-18,20-23,28,33,36,38,40-41,51H,4-7,10,19,24-27,29-32H2,1-3H3,(H,52,58)(H,53,60)(H,54,59)/t38-,40+,41-/m1/s1. The van der Waals surface area contributed by atoms with E-state index in [1.165, 1.54) is 12.1 Å². The zero-order valence-corrected chi connectivity index (χ0v) is 38.3. The summed E-state index contributed by atoms with van der Waals surface area (Å²) in [4.78, 5) is 97.7. The second kappa shape index (κ2) is 26.8. The SMILES string of the molecule is CCCCC[C@@H](C(=O)NCNC(=O)c1ccc(-c2ccc(C(=O)N[C@@H](CC(=O)OCc3ccccc3)C(=O)OCc3ccccc3)c(OCC)c2)o1)[C@@H](CC)N(C=O)OC(=O)C1CCNCC1. The average Bonchev–Trinajstić information content (AvgIpc) is 3.86. The highest BCUT2D eigenvalue weighted by Gasteiger charge is 2.35. The fourth-order valence-corrected chi connectivity index (χ4v) is 7.56. The van der Waals surface area contributed by atoms with Crippen molar-refractivity contribution < 1.29 is 57.0 Å². The Balaban J connectivity index is 1.22. The molecule has 4 amide bonds. The van der Waals surface area contributed by atoms with E-state index in [4.69, 9.17) is 23.5 Å². The molecular formula is C50H61N5O12. The van der Waals surface area contributed by atoms with Crippen LogP contribution in [0.4, 0.5) is 0 Å². The molecule has 17 heteroatoms. The van der Waals surface area contributed by atoms with E-state index in [2.05, 4.69) is 21.3 Å². The van der Waals surface area contributed by atoms with Gasteiger partial charge in [-0.25, -0.2) is 9.59 Å². The third kappa shape index (κ3) is 15.6. The van der Waals surface area contributed by atoms with Gasteiger partial charge >= 0.3 is 17.9 Å². The molecule has 3 aromatic carbocycles. The number of hydrogen-bond donors (Lipinski definition) is 4. The Morgan fingerprint density at radius 2 is 1.51 bits per heavy atom. The molecule has 17 nitrogen and oxygen atoms in total. The number of nitrogens with zero attached hydrogens (tertiary/aromatic N) is 1. The van der Waals surface area contributed by atoms with E-state index in [1.54, 1.807) is 73.7 Å². The Kier molecular flexibility index (Phi) is 20.4. The predicted octanol–water partition coefficient (Wildman–Crippen LogP) is 6.02. The van der Waals surface area contributed by atoms with E-state index in [-0.39, 0.29) is 55.2 Å². The molecule has 0 bridgehead atoms. The molecule has 0 radical (unpaired) electrons. The number of benzene rings is 3. The number of ether oxygens (including phenoxy) is 3. The number of carbonyl (C=O) groups excluding carboxylic acids is 7. The van der Waals surface area contributed by atoms with Gasteiger partial charge in [0.2, 0.25) is 12.3 Å². The third-order valence-corrected chi connectivity index (χ3v) is 11.2. The van der Waals surface area contributed by atoms with Crippen molar-refractivity contribution in [2.24, 2.45) is 11.8 Å². The van der Waals surface area contributed by atoms with Gasteiger partial charge in [-0.05, 0) is 81.1 Å². The van der Waals surface area contributed by atoms with E-state index in [0.717, 1.165) is 23.5 Å². The summed E-state index contributed by atoms with van der Waals surface area (Å²) < 4.78 is 22.6. The van der Waals surface area contributed by atoms with Gasteiger partial charge in [0.25, 0.3) is 11.8 Å². The van der Waals surface area contributed by atoms with Crippen LogP contribution in [0.3, 0.4) is 0 Å². The highest BCUT2D eigenvalue weighted by molar-refractivity contribution is 6.00. The quantitative estimate of drug-likeness (QED) is 0.0187. The summed E-state index contributed by atoms with van der Waals surface area (Å²) in [6.07, 6.45) is 4.37. The first kappa shape index (κ1) is 51.0. The molecule has 0 spiro atoms. The topological polar surface area (TPSA) is 221 Å². The van der Waals surface area contributed by atoms with Crippen molar-refractivity contribution in [2.45, 2.75) is 97.4 Å². The normalized spacial score (nSPS) is 13.8. The van der Waals surface area contributed by atoms with E-state index in [0.29, 0.717) is 62.7 Å². The Morgan fingerprint density at radius 1 is 0.821 bits per heavy atom. The number of hydroxylamine groups is 2. The highest BCUT2D eigenvalue weighted by atomic mass is 16.7. The molecule has 2 heterocycles. The van der Waals surface area contributed by atoms with Gasteiger partial charge in [-0.3, -0.25) is 24.0 Å². The minimum Gasteiger partial charge on any atom is -0.493 e. The summed E-state index contributed by atoms with van der Waals surface area (Å²) in [5, 5.41) is 12.2. The van der Waals surface area contributed by atoms with Crippen molar-refractivity contribution in [2.75, 3.05) is 26.4 Å². The number of furan rings is 1. The van der Waals surface area contributed by atoms with E-state index < -0.39 is 60.1 Å². The number of piperidine rings is 1. The Bertz CT molecular complexity index is 2250. The van der Waals surface area contributed by atoms with Crippen molar-refractivity contribution in [3.05, 3.63) is 113 Å². The Morgan fingerprint density at radius 3 is 2.15 bits per heavy atom. The van der Waals surface area contributed by atoms with Crippen LogP contribution in [0.5, 0.6) is 5.75 Å². The van der Waals surface area contributed by atoms with Crippen molar-refractivity contribution in [3.63, 3.8) is 0 Å². The monoisotopic (exact) mass is 923 g/mol. The van der Waals surface area contributed by atoms with Crippen LogP contribution in [0.1, 0.15) is 104 Å². The molecule has 0 unspecified atom stereocenters. The summed E-state index contributed by atoms with van der Waals surface area (Å²) in [5.41, 5.74) is 1.97. The van der Waals surface area contributed by atoms with Crippen molar-refractivity contribution in [1.29, 1.82) is 0 Å². The zero-order valence-electron chi connectivity index (χ0n) is 38.3. The van der Waals surface area contributed by atoms with E-state index >= 15 is 0 Å². The fraction of sp³-hybridized carbons (Fsp3) is 0.420. The van der Waals surface area contributed by atoms with Gasteiger partial charge in [0.1, 0.15) is 30.8 Å². The van der Waals surface area contributed by atoms with Crippen LogP contribution in [0.15, 0.2) is 95.4 Å². The van der Waals surface area contributed by atoms with Gasteiger partial charge in [-0.1, -0.05) is 99.8 Å². The molecule has 67 heavy (non-hydrogen) atoms. The molecule has 4 aromatic rings. The number of carbonyl (C=O) groups is 7. The number of amides is 4. The van der Waals surface area contributed by atoms with Gasteiger partial charge in [-0.15, -0.1) is 0 Å². The van der Waals surface area contributed by atoms with E-state index in [1.807, 2.05) is 26.0 Å². The first-order valence-corrected chi connectivity index (χ1v) is 22.8. The number of nitrogens with one attached hydrogen (secondary N) is 4. The maximum absolute atomic E-state index is 13.8. The maximum atomic E-state index is 13.8. The fourth-order valence-electron chi connectivity index (χ4n) is 7.56. The summed E-state index contributed by atoms with van der Waals surface area (Å²) in [7, 11) is 0. The minimum absolute atomic E-state index is 0.0243. The first-order chi connectivity index (χ1) is 32.5. The molecule has 1 saturated heterocycles. The molecule has 358 valence electrons. The van der Waals surface area contributed by atoms with Gasteiger partial charge in [0.05, 0.1) is 43.1 Å². The molecular weight excluding hydrogens is 863 g/mol. The van der Waals surface area contributed by atoms with Crippen molar-refractivity contribution in [3.8, 4) is 17.1 Å². The molecule has 3 atom stereocenters. The molecule has 0 saturated carbocycles. The maximum Gasteiger partial charge on any atom is 0.335 e. The number of esters is 2. The second-order valence-electron chi connectivity index (χ2n) is 16.0. The number of unbranched alkanes of at least 4 members (excludes halogenated alkanes) is 2. The van der Waals surface area contributed by atoms with Gasteiger partial charge in [0, 0.05) is 5.56 Å². The summed E-state index contributed by atoms with van der Waals surface area (Å²) in [5.74, 6) is -4.56. The molecule has 5 rings (SSSR count). The highest BCUT2D eigenvalue weighted by Crippen LogP contribution is 2.30. The number of rotatable bonds is 26. The van der Waals surface area contributed by atoms with Crippen LogP contribution in [0.2, 0.25) is 0 Å². The summed E-state index contributed by atoms with van der Waals surface area (Å²) in [6, 6.07) is 23.5. The predicted molar refractivity (Wildman–Crippen MR) is 245 cm³/mol. The third-order valence-electron chi connectivity index (χ3n) is 11.2. The number of hydrogen-bond acceptors (Lipinski definition) is 13. The van der Waals surface area contributed by atoms with Gasteiger partial charge < -0.3 is 44.7 Å². The smallest absolute Gasteiger partial charge is 0.335 e. The second-order valence-corrected chi connectivity index (χ2v) is 16.0. The van der Waals surface area contributed by atoms with Crippen molar-refractivity contribution >= 4 is 42.0 Å². The van der Waals surface area contributed by atoms with Crippen molar-refractivity contribution in [1.82, 2.24) is 26.3 Å². The van der Waals surface area contributed by atoms with Crippen LogP contribution in [-0.2, 0) is 51.5 Å². The Labute approximate surface area is 390 Å². The first-order valence-electron chi connectivity index (χ1n) is 22.8. The molecule has 1 aliphatic rings. The average molecular weight is 924 g/mol. The molecule has 1 fully saturated rings. The lowest BCUT2D eigenvalue weighted by atomic mass is 9.90.